The van der Waals surface area contributed by atoms with Crippen LogP contribution in [-0.4, -0.2) is 48.8 Å². The molecular formula is C17H21N3O3S. The number of rotatable bonds is 3. The molecule has 2 atom stereocenters. The molecule has 2 bridgehead atoms. The average molecular weight is 347 g/mol. The van der Waals surface area contributed by atoms with E-state index in [0.717, 1.165) is 47.9 Å². The number of aromatic nitrogens is 2. The number of hydrogen-bond acceptors (Lipinski definition) is 7. The summed E-state index contributed by atoms with van der Waals surface area (Å²) in [6.07, 6.45) is 2.84. The first-order valence-electron chi connectivity index (χ1n) is 8.41. The summed E-state index contributed by atoms with van der Waals surface area (Å²) in [6, 6.07) is 0. The van der Waals surface area contributed by atoms with Crippen LogP contribution in [0.4, 0.5) is 5.82 Å². The van der Waals surface area contributed by atoms with Gasteiger partial charge in [0, 0.05) is 24.9 Å². The van der Waals surface area contributed by atoms with Crippen LogP contribution in [0.5, 0.6) is 0 Å². The van der Waals surface area contributed by atoms with Gasteiger partial charge in [0.15, 0.2) is 0 Å². The fourth-order valence-electron chi connectivity index (χ4n) is 3.82. The Kier molecular flexibility index (Phi) is 4.14. The van der Waals surface area contributed by atoms with Crippen molar-refractivity contribution in [3.05, 3.63) is 16.8 Å². The van der Waals surface area contributed by atoms with Crippen molar-refractivity contribution in [2.75, 3.05) is 37.8 Å². The Morgan fingerprint density at radius 2 is 2.12 bits per heavy atom. The summed E-state index contributed by atoms with van der Waals surface area (Å²) >= 11 is 1.39. The molecule has 2 aromatic heterocycles. The third-order valence-corrected chi connectivity index (χ3v) is 5.98. The molecular weight excluding hydrogens is 326 g/mol. The average Bonchev–Trinajstić information content (AvgIpc) is 2.92. The quantitative estimate of drug-likeness (QED) is 0.796. The Labute approximate surface area is 144 Å². The summed E-state index contributed by atoms with van der Waals surface area (Å²) in [5, 5.41) is 0.992. The van der Waals surface area contributed by atoms with Crippen molar-refractivity contribution in [2.45, 2.75) is 20.3 Å². The topological polar surface area (TPSA) is 64.5 Å². The first kappa shape index (κ1) is 15.8. The first-order chi connectivity index (χ1) is 11.7. The van der Waals surface area contributed by atoms with Crippen LogP contribution >= 0.6 is 11.3 Å². The summed E-state index contributed by atoms with van der Waals surface area (Å²) in [5.41, 5.74) is 0.927. The van der Waals surface area contributed by atoms with E-state index in [1.807, 2.05) is 13.8 Å². The molecule has 0 radical (unpaired) electrons. The zero-order valence-electron chi connectivity index (χ0n) is 13.9. The van der Waals surface area contributed by atoms with Crippen molar-refractivity contribution < 1.29 is 14.3 Å². The SMILES string of the molecule is CCOC(=O)c1sc2ncnc(N3C[C@H]4COC[C@@H](C4)C3)c2c1C. The molecule has 0 unspecified atom stereocenters. The van der Waals surface area contributed by atoms with E-state index < -0.39 is 0 Å². The number of aryl methyl sites for hydroxylation is 1. The molecule has 6 nitrogen and oxygen atoms in total. The second kappa shape index (κ2) is 6.29. The van der Waals surface area contributed by atoms with Crippen LogP contribution in [0.1, 0.15) is 28.6 Å². The van der Waals surface area contributed by atoms with E-state index in [-0.39, 0.29) is 5.97 Å². The third-order valence-electron chi connectivity index (χ3n) is 4.80. The molecule has 2 aliphatic heterocycles. The number of nitrogens with zero attached hydrogens (tertiary/aromatic N) is 3. The van der Waals surface area contributed by atoms with Gasteiger partial charge in [-0.25, -0.2) is 14.8 Å². The molecule has 0 aromatic carbocycles. The van der Waals surface area contributed by atoms with Gasteiger partial charge < -0.3 is 14.4 Å². The second-order valence-corrected chi connectivity index (χ2v) is 7.56. The van der Waals surface area contributed by atoms with Crippen LogP contribution in [-0.2, 0) is 9.47 Å². The Morgan fingerprint density at radius 1 is 1.38 bits per heavy atom. The number of ether oxygens (including phenoxy) is 2. The highest BCUT2D eigenvalue weighted by molar-refractivity contribution is 7.20. The zero-order valence-corrected chi connectivity index (χ0v) is 14.8. The number of esters is 1. The molecule has 0 spiro atoms. The highest BCUT2D eigenvalue weighted by atomic mass is 32.1. The Balaban J connectivity index is 1.74. The summed E-state index contributed by atoms with van der Waals surface area (Å²) < 4.78 is 10.9. The van der Waals surface area contributed by atoms with Crippen molar-refractivity contribution in [3.8, 4) is 0 Å². The lowest BCUT2D eigenvalue weighted by atomic mass is 9.88. The van der Waals surface area contributed by atoms with Gasteiger partial charge in [-0.3, -0.25) is 0 Å². The van der Waals surface area contributed by atoms with Crippen molar-refractivity contribution in [3.63, 3.8) is 0 Å². The van der Waals surface area contributed by atoms with Gasteiger partial charge in [-0.15, -0.1) is 11.3 Å². The van der Waals surface area contributed by atoms with Crippen LogP contribution in [0.15, 0.2) is 6.33 Å². The molecule has 7 heteroatoms. The van der Waals surface area contributed by atoms with Crippen molar-refractivity contribution in [2.24, 2.45) is 11.8 Å². The summed E-state index contributed by atoms with van der Waals surface area (Å²) in [7, 11) is 0. The van der Waals surface area contributed by atoms with E-state index in [2.05, 4.69) is 14.9 Å². The normalized spacial score (nSPS) is 23.5. The molecule has 0 amide bonds. The van der Waals surface area contributed by atoms with E-state index >= 15 is 0 Å². The van der Waals surface area contributed by atoms with Crippen molar-refractivity contribution in [1.29, 1.82) is 0 Å². The summed E-state index contributed by atoms with van der Waals surface area (Å²) in [5.74, 6) is 1.80. The number of carbonyl (C=O) groups excluding carboxylic acids is 1. The molecule has 4 rings (SSSR count). The second-order valence-electron chi connectivity index (χ2n) is 6.56. The smallest absolute Gasteiger partial charge is 0.348 e. The highest BCUT2D eigenvalue weighted by Gasteiger charge is 2.33. The molecule has 0 N–H and O–H groups in total. The van der Waals surface area contributed by atoms with Gasteiger partial charge >= 0.3 is 5.97 Å². The van der Waals surface area contributed by atoms with Crippen molar-refractivity contribution in [1.82, 2.24) is 9.97 Å². The lowest BCUT2D eigenvalue weighted by molar-refractivity contribution is 0.00614. The van der Waals surface area contributed by atoms with Gasteiger partial charge in [-0.05, 0) is 25.8 Å². The van der Waals surface area contributed by atoms with Gasteiger partial charge in [-0.1, -0.05) is 0 Å². The minimum absolute atomic E-state index is 0.270. The monoisotopic (exact) mass is 347 g/mol. The standard InChI is InChI=1S/C17H21N3O3S/c1-3-23-17(21)14-10(2)13-15(18-9-19-16(13)24-14)20-5-11-4-12(6-20)8-22-7-11/h9,11-12H,3-8H2,1-2H3/t11-,12-/m0/s1. The number of fused-ring (bicyclic) bond motifs is 3. The van der Waals surface area contributed by atoms with E-state index in [1.165, 1.54) is 17.8 Å². The van der Waals surface area contributed by atoms with Gasteiger partial charge in [0.05, 0.1) is 25.2 Å². The van der Waals surface area contributed by atoms with E-state index in [0.29, 0.717) is 23.3 Å². The van der Waals surface area contributed by atoms with E-state index in [4.69, 9.17) is 9.47 Å². The molecule has 2 fully saturated rings. The number of thiophene rings is 1. The molecule has 24 heavy (non-hydrogen) atoms. The first-order valence-corrected chi connectivity index (χ1v) is 9.23. The maximum absolute atomic E-state index is 12.2. The van der Waals surface area contributed by atoms with Crippen molar-refractivity contribution >= 4 is 33.3 Å². The largest absolute Gasteiger partial charge is 0.462 e. The lowest BCUT2D eigenvalue weighted by Crippen LogP contribution is -2.47. The molecule has 0 saturated carbocycles. The van der Waals surface area contributed by atoms with Crippen LogP contribution < -0.4 is 4.90 Å². The Bertz CT molecular complexity index is 764. The fraction of sp³-hybridized carbons (Fsp3) is 0.588. The maximum atomic E-state index is 12.2. The number of hydrogen-bond donors (Lipinski definition) is 0. The highest BCUT2D eigenvalue weighted by Crippen LogP contribution is 2.38. The number of carbonyl (C=O) groups is 1. The van der Waals surface area contributed by atoms with Crippen LogP contribution in [0.2, 0.25) is 0 Å². The van der Waals surface area contributed by atoms with Gasteiger partial charge in [0.1, 0.15) is 21.9 Å². The van der Waals surface area contributed by atoms with Gasteiger partial charge in [0.2, 0.25) is 0 Å². The molecule has 0 aliphatic carbocycles. The zero-order chi connectivity index (χ0) is 16.7. The Morgan fingerprint density at radius 3 is 2.83 bits per heavy atom. The minimum atomic E-state index is -0.270. The molecule has 2 aliphatic rings. The number of anilines is 1. The Hall–Kier alpha value is -1.73. The number of piperidine rings is 1. The van der Waals surface area contributed by atoms with E-state index in [9.17, 15) is 4.79 Å². The molecule has 128 valence electrons. The minimum Gasteiger partial charge on any atom is -0.462 e. The van der Waals surface area contributed by atoms with Gasteiger partial charge in [0.25, 0.3) is 0 Å². The molecule has 4 heterocycles. The summed E-state index contributed by atoms with van der Waals surface area (Å²) in [4.78, 5) is 25.0. The third kappa shape index (κ3) is 2.65. The lowest BCUT2D eigenvalue weighted by Gasteiger charge is -2.41. The van der Waals surface area contributed by atoms with E-state index in [1.54, 1.807) is 6.33 Å². The van der Waals surface area contributed by atoms with Crippen LogP contribution in [0, 0.1) is 18.8 Å². The molecule has 2 aromatic rings. The van der Waals surface area contributed by atoms with Gasteiger partial charge in [-0.2, -0.15) is 0 Å². The van der Waals surface area contributed by atoms with Crippen LogP contribution in [0.25, 0.3) is 10.2 Å². The fourth-order valence-corrected chi connectivity index (χ4v) is 4.86. The predicted molar refractivity (Wildman–Crippen MR) is 92.7 cm³/mol. The predicted octanol–water partition coefficient (Wildman–Crippen LogP) is 2.65. The molecule has 2 saturated heterocycles. The maximum Gasteiger partial charge on any atom is 0.348 e. The summed E-state index contributed by atoms with van der Waals surface area (Å²) in [6.45, 7) is 7.72. The van der Waals surface area contributed by atoms with Crippen LogP contribution in [0.3, 0.4) is 0 Å².